The van der Waals surface area contributed by atoms with Gasteiger partial charge in [-0.3, -0.25) is 4.79 Å². The molecule has 0 N–H and O–H groups in total. The van der Waals surface area contributed by atoms with Crippen LogP contribution in [-0.2, 0) is 9.53 Å². The monoisotopic (exact) mass is 198 g/mol. The van der Waals surface area contributed by atoms with E-state index in [0.717, 1.165) is 12.5 Å². The molecule has 82 valence electrons. The van der Waals surface area contributed by atoms with Crippen LogP contribution in [-0.4, -0.2) is 19.0 Å². The Bertz CT molecular complexity index is 177. The number of hydrogen-bond acceptors (Lipinski definition) is 2. The predicted octanol–water partition coefficient (Wildman–Crippen LogP) is 2.81. The summed E-state index contributed by atoms with van der Waals surface area (Å²) in [5, 5.41) is 0. The second-order valence-electron chi connectivity index (χ2n) is 4.43. The first kappa shape index (κ1) is 11.7. The Morgan fingerprint density at radius 2 is 2.07 bits per heavy atom. The second-order valence-corrected chi connectivity index (χ2v) is 4.43. The molecule has 2 atom stereocenters. The fraction of sp³-hybridized carbons (Fsp3) is 0.917. The molecule has 0 aromatic rings. The highest BCUT2D eigenvalue weighted by Gasteiger charge is 2.21. The molecule has 0 spiro atoms. The van der Waals surface area contributed by atoms with Crippen LogP contribution in [0.5, 0.6) is 0 Å². The standard InChI is InChI=1S/C12H22O2/c1-3-12(13)9-14-8-11-7-5-4-6-10(11)2/h10-11H,3-9H2,1-2H3. The summed E-state index contributed by atoms with van der Waals surface area (Å²) in [6, 6.07) is 0. The SMILES string of the molecule is CCC(=O)COCC1CCCCC1C. The Balaban J connectivity index is 2.13. The zero-order valence-electron chi connectivity index (χ0n) is 9.42. The van der Waals surface area contributed by atoms with Gasteiger partial charge in [0.1, 0.15) is 6.61 Å². The van der Waals surface area contributed by atoms with Gasteiger partial charge in [-0.25, -0.2) is 0 Å². The molecule has 1 rings (SSSR count). The van der Waals surface area contributed by atoms with Crippen molar-refractivity contribution < 1.29 is 9.53 Å². The maximum absolute atomic E-state index is 11.0. The molecule has 1 fully saturated rings. The number of hydrogen-bond donors (Lipinski definition) is 0. The summed E-state index contributed by atoms with van der Waals surface area (Å²) in [5.74, 6) is 1.68. The summed E-state index contributed by atoms with van der Waals surface area (Å²) >= 11 is 0. The van der Waals surface area contributed by atoms with Crippen molar-refractivity contribution in [1.82, 2.24) is 0 Å². The molecule has 0 radical (unpaired) electrons. The predicted molar refractivity (Wildman–Crippen MR) is 57.2 cm³/mol. The minimum Gasteiger partial charge on any atom is -0.373 e. The number of carbonyl (C=O) groups excluding carboxylic acids is 1. The third kappa shape index (κ3) is 3.79. The van der Waals surface area contributed by atoms with E-state index >= 15 is 0 Å². The van der Waals surface area contributed by atoms with Gasteiger partial charge >= 0.3 is 0 Å². The lowest BCUT2D eigenvalue weighted by atomic mass is 9.81. The molecule has 1 aliphatic carbocycles. The van der Waals surface area contributed by atoms with Gasteiger partial charge in [0.2, 0.25) is 0 Å². The topological polar surface area (TPSA) is 26.3 Å². The van der Waals surface area contributed by atoms with Crippen LogP contribution >= 0.6 is 0 Å². The number of ketones is 1. The van der Waals surface area contributed by atoms with Crippen molar-refractivity contribution >= 4 is 5.78 Å². The summed E-state index contributed by atoms with van der Waals surface area (Å²) in [6.07, 6.45) is 5.91. The van der Waals surface area contributed by atoms with Gasteiger partial charge in [-0.2, -0.15) is 0 Å². The molecule has 0 saturated heterocycles. The van der Waals surface area contributed by atoms with Crippen LogP contribution in [0.25, 0.3) is 0 Å². The van der Waals surface area contributed by atoms with Gasteiger partial charge in [-0.15, -0.1) is 0 Å². The molecule has 14 heavy (non-hydrogen) atoms. The molecule has 0 amide bonds. The van der Waals surface area contributed by atoms with Crippen molar-refractivity contribution in [1.29, 1.82) is 0 Å². The zero-order chi connectivity index (χ0) is 10.4. The number of carbonyl (C=O) groups is 1. The first-order chi connectivity index (χ1) is 6.74. The van der Waals surface area contributed by atoms with E-state index in [4.69, 9.17) is 4.74 Å². The molecular weight excluding hydrogens is 176 g/mol. The summed E-state index contributed by atoms with van der Waals surface area (Å²) in [5.41, 5.74) is 0. The van der Waals surface area contributed by atoms with Gasteiger partial charge < -0.3 is 4.74 Å². The number of ether oxygens (including phenoxy) is 1. The van der Waals surface area contributed by atoms with E-state index in [-0.39, 0.29) is 5.78 Å². The lowest BCUT2D eigenvalue weighted by molar-refractivity contribution is -0.124. The van der Waals surface area contributed by atoms with Gasteiger partial charge in [-0.05, 0) is 18.3 Å². The fourth-order valence-corrected chi connectivity index (χ4v) is 2.07. The van der Waals surface area contributed by atoms with Gasteiger partial charge in [-0.1, -0.05) is 33.1 Å². The van der Waals surface area contributed by atoms with E-state index in [1.165, 1.54) is 25.7 Å². The molecule has 2 nitrogen and oxygen atoms in total. The Kier molecular flexibility index (Phi) is 5.16. The van der Waals surface area contributed by atoms with Crippen molar-refractivity contribution in [2.75, 3.05) is 13.2 Å². The van der Waals surface area contributed by atoms with Crippen LogP contribution < -0.4 is 0 Å². The largest absolute Gasteiger partial charge is 0.373 e. The quantitative estimate of drug-likeness (QED) is 0.679. The third-order valence-electron chi connectivity index (χ3n) is 3.28. The average molecular weight is 198 g/mol. The lowest BCUT2D eigenvalue weighted by Crippen LogP contribution is -2.23. The van der Waals surface area contributed by atoms with Crippen LogP contribution in [0.1, 0.15) is 46.0 Å². The van der Waals surface area contributed by atoms with E-state index in [2.05, 4.69) is 6.92 Å². The third-order valence-corrected chi connectivity index (χ3v) is 3.28. The average Bonchev–Trinajstić information content (AvgIpc) is 2.20. The first-order valence-electron chi connectivity index (χ1n) is 5.83. The summed E-state index contributed by atoms with van der Waals surface area (Å²) < 4.78 is 5.45. The fourth-order valence-electron chi connectivity index (χ4n) is 2.07. The summed E-state index contributed by atoms with van der Waals surface area (Å²) in [7, 11) is 0. The van der Waals surface area contributed by atoms with Crippen LogP contribution in [0.4, 0.5) is 0 Å². The van der Waals surface area contributed by atoms with Crippen LogP contribution in [0.15, 0.2) is 0 Å². The molecule has 0 aliphatic heterocycles. The number of rotatable bonds is 5. The van der Waals surface area contributed by atoms with E-state index in [1.807, 2.05) is 6.92 Å². The highest BCUT2D eigenvalue weighted by atomic mass is 16.5. The summed E-state index contributed by atoms with van der Waals surface area (Å²) in [6.45, 7) is 5.29. The zero-order valence-corrected chi connectivity index (χ0v) is 9.42. The van der Waals surface area contributed by atoms with Crippen LogP contribution in [0, 0.1) is 11.8 Å². The Labute approximate surface area is 87.0 Å². The van der Waals surface area contributed by atoms with Crippen molar-refractivity contribution in [3.8, 4) is 0 Å². The summed E-state index contributed by atoms with van der Waals surface area (Å²) in [4.78, 5) is 11.0. The van der Waals surface area contributed by atoms with Gasteiger partial charge in [0, 0.05) is 6.42 Å². The van der Waals surface area contributed by atoms with E-state index in [1.54, 1.807) is 0 Å². The van der Waals surface area contributed by atoms with Crippen molar-refractivity contribution in [3.05, 3.63) is 0 Å². The molecule has 1 aliphatic rings. The molecule has 0 heterocycles. The van der Waals surface area contributed by atoms with Crippen molar-refractivity contribution in [2.24, 2.45) is 11.8 Å². The van der Waals surface area contributed by atoms with Gasteiger partial charge in [0.25, 0.3) is 0 Å². The Hall–Kier alpha value is -0.370. The highest BCUT2D eigenvalue weighted by Crippen LogP contribution is 2.29. The molecule has 0 aromatic heterocycles. The maximum atomic E-state index is 11.0. The van der Waals surface area contributed by atoms with Crippen LogP contribution in [0.2, 0.25) is 0 Å². The second kappa shape index (κ2) is 6.18. The maximum Gasteiger partial charge on any atom is 0.158 e. The first-order valence-corrected chi connectivity index (χ1v) is 5.83. The van der Waals surface area contributed by atoms with Crippen molar-refractivity contribution in [3.63, 3.8) is 0 Å². The normalized spacial score (nSPS) is 27.6. The number of Topliss-reactive ketones (excluding diaryl/α,β-unsaturated/α-hetero) is 1. The molecule has 2 unspecified atom stereocenters. The lowest BCUT2D eigenvalue weighted by Gasteiger charge is -2.28. The van der Waals surface area contributed by atoms with Gasteiger partial charge in [0.05, 0.1) is 6.61 Å². The van der Waals surface area contributed by atoms with E-state index in [9.17, 15) is 4.79 Å². The van der Waals surface area contributed by atoms with Gasteiger partial charge in [0.15, 0.2) is 5.78 Å². The molecule has 0 bridgehead atoms. The molecule has 2 heteroatoms. The molecular formula is C12H22O2. The Morgan fingerprint density at radius 1 is 1.36 bits per heavy atom. The highest BCUT2D eigenvalue weighted by molar-refractivity contribution is 5.79. The van der Waals surface area contributed by atoms with E-state index in [0.29, 0.717) is 18.9 Å². The van der Waals surface area contributed by atoms with Crippen molar-refractivity contribution in [2.45, 2.75) is 46.0 Å². The van der Waals surface area contributed by atoms with E-state index < -0.39 is 0 Å². The minimum absolute atomic E-state index is 0.216. The van der Waals surface area contributed by atoms with Crippen LogP contribution in [0.3, 0.4) is 0 Å². The Morgan fingerprint density at radius 3 is 2.71 bits per heavy atom. The molecule has 1 saturated carbocycles. The smallest absolute Gasteiger partial charge is 0.158 e. The minimum atomic E-state index is 0.216. The molecule has 0 aromatic carbocycles.